The van der Waals surface area contributed by atoms with Crippen molar-refractivity contribution in [1.82, 2.24) is 9.80 Å². The van der Waals surface area contributed by atoms with Crippen molar-refractivity contribution in [2.45, 2.75) is 25.4 Å². The van der Waals surface area contributed by atoms with Crippen LogP contribution in [0.1, 0.15) is 18.6 Å². The number of furan rings is 1. The molecule has 0 aromatic carbocycles. The Labute approximate surface area is 123 Å². The minimum absolute atomic E-state index is 0.168. The predicted octanol–water partition coefficient (Wildman–Crippen LogP) is 1.40. The van der Waals surface area contributed by atoms with E-state index in [4.69, 9.17) is 14.3 Å². The highest BCUT2D eigenvalue weighted by atomic mass is 16.5. The molecular weight excluding hydrogens is 276 g/mol. The molecule has 1 N–H and O–H groups in total. The number of carboxylic acid groups (broad SMARTS) is 1. The van der Waals surface area contributed by atoms with E-state index in [9.17, 15) is 9.59 Å². The normalized spacial score (nSPS) is 14.0. The number of amides is 2. The first-order valence-corrected chi connectivity index (χ1v) is 6.90. The Morgan fingerprint density at radius 1 is 1.48 bits per heavy atom. The summed E-state index contributed by atoms with van der Waals surface area (Å²) in [6, 6.07) is 3.46. The molecule has 1 heterocycles. The number of nitrogens with zero attached hydrogens (tertiary/aromatic N) is 2. The Balaban J connectivity index is 2.04. The monoisotopic (exact) mass is 296 g/mol. The van der Waals surface area contributed by atoms with Crippen molar-refractivity contribution in [1.29, 1.82) is 0 Å². The Morgan fingerprint density at radius 3 is 2.76 bits per heavy atom. The zero-order valence-electron chi connectivity index (χ0n) is 12.0. The van der Waals surface area contributed by atoms with E-state index in [1.54, 1.807) is 23.3 Å². The first kappa shape index (κ1) is 15.4. The van der Waals surface area contributed by atoms with Crippen LogP contribution in [-0.2, 0) is 16.1 Å². The van der Waals surface area contributed by atoms with Gasteiger partial charge < -0.3 is 24.1 Å². The summed E-state index contributed by atoms with van der Waals surface area (Å²) in [5, 5.41) is 8.95. The second-order valence-electron chi connectivity index (χ2n) is 5.03. The van der Waals surface area contributed by atoms with Gasteiger partial charge in [-0.3, -0.25) is 4.79 Å². The van der Waals surface area contributed by atoms with Crippen molar-refractivity contribution in [2.24, 2.45) is 0 Å². The van der Waals surface area contributed by atoms with Gasteiger partial charge in [-0.05, 0) is 25.0 Å². The summed E-state index contributed by atoms with van der Waals surface area (Å²) in [5.74, 6) is -0.342. The number of hydrogen-bond donors (Lipinski definition) is 1. The molecular formula is C14H20N2O5. The van der Waals surface area contributed by atoms with Crippen molar-refractivity contribution in [3.8, 4) is 0 Å². The van der Waals surface area contributed by atoms with E-state index in [0.29, 0.717) is 18.9 Å². The van der Waals surface area contributed by atoms with E-state index < -0.39 is 5.97 Å². The van der Waals surface area contributed by atoms with E-state index in [2.05, 4.69) is 0 Å². The maximum atomic E-state index is 12.6. The molecule has 1 aliphatic rings. The molecule has 2 rings (SSSR count). The first-order valence-electron chi connectivity index (χ1n) is 6.90. The average Bonchev–Trinajstić information content (AvgIpc) is 3.16. The number of carboxylic acids is 1. The summed E-state index contributed by atoms with van der Waals surface area (Å²) in [5.41, 5.74) is 0. The fraction of sp³-hybridized carbons (Fsp3) is 0.571. The van der Waals surface area contributed by atoms with Crippen LogP contribution >= 0.6 is 0 Å². The molecule has 1 aromatic heterocycles. The highest BCUT2D eigenvalue weighted by molar-refractivity contribution is 5.80. The quantitative estimate of drug-likeness (QED) is 0.784. The first-order chi connectivity index (χ1) is 10.1. The van der Waals surface area contributed by atoms with E-state index in [-0.39, 0.29) is 25.2 Å². The second-order valence-corrected chi connectivity index (χ2v) is 5.03. The second kappa shape index (κ2) is 7.12. The lowest BCUT2D eigenvalue weighted by atomic mass is 10.3. The lowest BCUT2D eigenvalue weighted by Crippen LogP contribution is -2.47. The van der Waals surface area contributed by atoms with Crippen molar-refractivity contribution in [3.05, 3.63) is 24.2 Å². The molecule has 116 valence electrons. The summed E-state index contributed by atoms with van der Waals surface area (Å²) >= 11 is 0. The topological polar surface area (TPSA) is 83.2 Å². The number of urea groups is 1. The van der Waals surface area contributed by atoms with Gasteiger partial charge in [0.1, 0.15) is 12.3 Å². The number of ether oxygens (including phenoxy) is 1. The average molecular weight is 296 g/mol. The van der Waals surface area contributed by atoms with Crippen LogP contribution in [0.25, 0.3) is 0 Å². The van der Waals surface area contributed by atoms with Crippen LogP contribution in [0.2, 0.25) is 0 Å². The van der Waals surface area contributed by atoms with E-state index in [1.165, 1.54) is 12.0 Å². The third-order valence-electron chi connectivity index (χ3n) is 3.30. The molecule has 7 nitrogen and oxygen atoms in total. The molecule has 1 saturated carbocycles. The maximum Gasteiger partial charge on any atom is 0.323 e. The van der Waals surface area contributed by atoms with Gasteiger partial charge in [0.15, 0.2) is 0 Å². The van der Waals surface area contributed by atoms with Gasteiger partial charge in [-0.15, -0.1) is 0 Å². The Hall–Kier alpha value is -2.02. The summed E-state index contributed by atoms with van der Waals surface area (Å²) in [6.07, 6.45) is 3.44. The largest absolute Gasteiger partial charge is 0.480 e. The molecule has 7 heteroatoms. The summed E-state index contributed by atoms with van der Waals surface area (Å²) in [6.45, 7) is 0.588. The third kappa shape index (κ3) is 4.49. The molecule has 0 radical (unpaired) electrons. The highest BCUT2D eigenvalue weighted by Crippen LogP contribution is 2.29. The molecule has 0 aliphatic heterocycles. The summed E-state index contributed by atoms with van der Waals surface area (Å²) < 4.78 is 10.2. The zero-order chi connectivity index (χ0) is 15.2. The van der Waals surface area contributed by atoms with E-state index in [0.717, 1.165) is 12.8 Å². The number of methoxy groups -OCH3 is 1. The minimum Gasteiger partial charge on any atom is -0.480 e. The molecule has 0 spiro atoms. The van der Waals surface area contributed by atoms with Gasteiger partial charge in [0, 0.05) is 19.7 Å². The summed E-state index contributed by atoms with van der Waals surface area (Å²) in [4.78, 5) is 26.5. The van der Waals surface area contributed by atoms with Gasteiger partial charge in [0.25, 0.3) is 0 Å². The number of aliphatic carboxylic acids is 1. The molecule has 2 amide bonds. The molecule has 21 heavy (non-hydrogen) atoms. The molecule has 0 unspecified atom stereocenters. The van der Waals surface area contributed by atoms with Crippen LogP contribution < -0.4 is 0 Å². The van der Waals surface area contributed by atoms with Crippen molar-refractivity contribution in [2.75, 3.05) is 26.8 Å². The van der Waals surface area contributed by atoms with Crippen molar-refractivity contribution in [3.63, 3.8) is 0 Å². The van der Waals surface area contributed by atoms with Crippen LogP contribution in [0.4, 0.5) is 4.79 Å². The minimum atomic E-state index is -1.03. The lowest BCUT2D eigenvalue weighted by Gasteiger charge is -2.29. The lowest BCUT2D eigenvalue weighted by molar-refractivity contribution is -0.137. The van der Waals surface area contributed by atoms with Crippen LogP contribution in [0, 0.1) is 0 Å². The third-order valence-corrected chi connectivity index (χ3v) is 3.30. The molecule has 0 saturated heterocycles. The van der Waals surface area contributed by atoms with Gasteiger partial charge in [0.2, 0.25) is 0 Å². The maximum absolute atomic E-state index is 12.6. The van der Waals surface area contributed by atoms with Crippen molar-refractivity contribution < 1.29 is 23.8 Å². The molecule has 1 aromatic rings. The van der Waals surface area contributed by atoms with Gasteiger partial charge in [0.05, 0.1) is 19.4 Å². The predicted molar refractivity (Wildman–Crippen MR) is 73.8 cm³/mol. The number of rotatable bonds is 8. The standard InChI is InChI=1S/C14H20N2O5/c1-20-8-6-15(10-13(17)18)14(19)16(11-4-5-11)9-12-3-2-7-21-12/h2-3,7,11H,4-6,8-10H2,1H3,(H,17,18). The molecule has 1 aliphatic carbocycles. The van der Waals surface area contributed by atoms with Crippen LogP contribution in [0.15, 0.2) is 22.8 Å². The Morgan fingerprint density at radius 2 is 2.24 bits per heavy atom. The van der Waals surface area contributed by atoms with Crippen LogP contribution in [0.3, 0.4) is 0 Å². The van der Waals surface area contributed by atoms with Crippen LogP contribution in [0.5, 0.6) is 0 Å². The van der Waals surface area contributed by atoms with Gasteiger partial charge >= 0.3 is 12.0 Å². The highest BCUT2D eigenvalue weighted by Gasteiger charge is 2.35. The smallest absolute Gasteiger partial charge is 0.323 e. The van der Waals surface area contributed by atoms with Crippen LogP contribution in [-0.4, -0.2) is 59.8 Å². The molecule has 0 bridgehead atoms. The van der Waals surface area contributed by atoms with E-state index in [1.807, 2.05) is 0 Å². The van der Waals surface area contributed by atoms with Gasteiger partial charge in [-0.1, -0.05) is 0 Å². The molecule has 0 atom stereocenters. The number of hydrogen-bond acceptors (Lipinski definition) is 4. The zero-order valence-corrected chi connectivity index (χ0v) is 12.0. The fourth-order valence-electron chi connectivity index (χ4n) is 2.10. The number of carbonyl (C=O) groups excluding carboxylic acids is 1. The SMILES string of the molecule is COCCN(CC(=O)O)C(=O)N(Cc1ccco1)C1CC1. The fourth-order valence-corrected chi connectivity index (χ4v) is 2.10. The van der Waals surface area contributed by atoms with E-state index >= 15 is 0 Å². The van der Waals surface area contributed by atoms with Gasteiger partial charge in [-0.25, -0.2) is 4.79 Å². The Kier molecular flexibility index (Phi) is 5.21. The summed E-state index contributed by atoms with van der Waals surface area (Å²) in [7, 11) is 1.52. The number of carbonyl (C=O) groups is 2. The van der Waals surface area contributed by atoms with Gasteiger partial charge in [-0.2, -0.15) is 0 Å². The Bertz CT molecular complexity index is 470. The van der Waals surface area contributed by atoms with Crippen molar-refractivity contribution >= 4 is 12.0 Å². The molecule has 1 fully saturated rings.